The molecule has 0 amide bonds. The number of phosphoric ester groups is 1. The third-order valence-corrected chi connectivity index (χ3v) is 4.36. The van der Waals surface area contributed by atoms with Gasteiger partial charge in [-0.05, 0) is 19.1 Å². The smallest absolute Gasteiger partial charge is 0.469 e. The first-order valence-electron chi connectivity index (χ1n) is 7.90. The van der Waals surface area contributed by atoms with E-state index in [1.165, 1.54) is 31.3 Å². The van der Waals surface area contributed by atoms with Crippen LogP contribution in [-0.2, 0) is 22.2 Å². The minimum atomic E-state index is -4.74. The molecular weight excluding hydrogens is 393 g/mol. The summed E-state index contributed by atoms with van der Waals surface area (Å²) in [5.41, 5.74) is 6.60. The summed E-state index contributed by atoms with van der Waals surface area (Å²) in [6, 6.07) is 3.91. The van der Waals surface area contributed by atoms with Crippen molar-refractivity contribution in [2.24, 2.45) is 5.73 Å². The first kappa shape index (κ1) is 21.8. The quantitative estimate of drug-likeness (QED) is 0.240. The molecule has 28 heavy (non-hydrogen) atoms. The Kier molecular flexibility index (Phi) is 6.73. The van der Waals surface area contributed by atoms with Crippen molar-refractivity contribution in [3.8, 4) is 5.75 Å². The summed E-state index contributed by atoms with van der Waals surface area (Å²) in [5.74, 6) is -1.40. The van der Waals surface area contributed by atoms with Crippen molar-refractivity contribution in [2.75, 3.05) is 5.32 Å². The number of anilines is 1. The number of aryl methyl sites for hydroxylation is 1. The minimum absolute atomic E-state index is 0.0490. The molecule has 152 valence electrons. The zero-order chi connectivity index (χ0) is 21.1. The number of carboxylic acid groups (broad SMARTS) is 1. The van der Waals surface area contributed by atoms with Gasteiger partial charge in [0.15, 0.2) is 0 Å². The fraction of sp³-hybridized carbons (Fsp3) is 0.250. The number of carbonyl (C=O) groups is 1. The maximum absolute atomic E-state index is 11.2. The van der Waals surface area contributed by atoms with Crippen LogP contribution in [0.2, 0.25) is 0 Å². The lowest BCUT2D eigenvalue weighted by Crippen LogP contribution is -2.14. The highest BCUT2D eigenvalue weighted by molar-refractivity contribution is 7.46. The van der Waals surface area contributed by atoms with Crippen molar-refractivity contribution < 1.29 is 39.0 Å². The molecule has 1 unspecified atom stereocenters. The lowest BCUT2D eigenvalue weighted by Gasteiger charge is -2.18. The maximum atomic E-state index is 11.2. The molecule has 0 fully saturated rings. The number of aromatic carboxylic acids is 1. The number of aliphatic hydroxyl groups is 1. The zero-order valence-corrected chi connectivity index (χ0v) is 15.6. The Morgan fingerprint density at radius 1 is 1.39 bits per heavy atom. The van der Waals surface area contributed by atoms with Crippen molar-refractivity contribution in [1.29, 1.82) is 0 Å². The second-order valence-corrected chi connectivity index (χ2v) is 7.10. The fourth-order valence-corrected chi connectivity index (χ4v) is 2.75. The largest absolute Gasteiger partial charge is 0.506 e. The van der Waals surface area contributed by atoms with Crippen LogP contribution in [0, 0.1) is 6.92 Å². The highest BCUT2D eigenvalue weighted by atomic mass is 31.2. The number of hydrogen-bond acceptors (Lipinski definition) is 8. The average Bonchev–Trinajstić information content (AvgIpc) is 2.60. The lowest BCUT2D eigenvalue weighted by atomic mass is 10.1. The molecule has 0 saturated carbocycles. The van der Waals surface area contributed by atoms with Gasteiger partial charge in [-0.1, -0.05) is 6.07 Å². The van der Waals surface area contributed by atoms with Crippen LogP contribution in [0.3, 0.4) is 0 Å². The van der Waals surface area contributed by atoms with Crippen molar-refractivity contribution in [1.82, 2.24) is 4.98 Å². The number of phosphoric acid groups is 1. The number of benzene rings is 1. The Bertz CT molecular complexity index is 928. The van der Waals surface area contributed by atoms with Gasteiger partial charge in [-0.2, -0.15) is 0 Å². The summed E-state index contributed by atoms with van der Waals surface area (Å²) in [6.07, 6.45) is -0.0794. The summed E-state index contributed by atoms with van der Waals surface area (Å²) in [4.78, 5) is 32.9. The van der Waals surface area contributed by atoms with E-state index in [2.05, 4.69) is 14.8 Å². The maximum Gasteiger partial charge on any atom is 0.469 e. The SMILES string of the molecule is Cc1ncc(COP(=O)(O)O)c(CNc2cc(C(=O)O)ccc2C(N)O)c1O. The van der Waals surface area contributed by atoms with Gasteiger partial charge in [-0.15, -0.1) is 0 Å². The number of hydrogen-bond donors (Lipinski definition) is 7. The second-order valence-electron chi connectivity index (χ2n) is 5.87. The van der Waals surface area contributed by atoms with E-state index in [4.69, 9.17) is 20.6 Å². The van der Waals surface area contributed by atoms with E-state index in [1.54, 1.807) is 0 Å². The number of pyridine rings is 1. The van der Waals surface area contributed by atoms with Crippen LogP contribution in [0.15, 0.2) is 24.4 Å². The molecule has 0 aliphatic heterocycles. The molecule has 0 radical (unpaired) electrons. The molecule has 12 heteroatoms. The lowest BCUT2D eigenvalue weighted by molar-refractivity contribution is 0.0696. The molecule has 1 atom stereocenters. The van der Waals surface area contributed by atoms with Crippen LogP contribution in [0.4, 0.5) is 5.69 Å². The standard InChI is InChI=1S/C16H20N3O8P/c1-8-14(20)12(10(5-18-8)7-27-28(24,25)26)6-19-13-4-9(16(22)23)2-3-11(13)15(17)21/h2-5,15,19-21H,6-7,17H2,1H3,(H,22,23)(H2,24,25,26). The summed E-state index contributed by atoms with van der Waals surface area (Å²) in [5, 5.41) is 32.0. The van der Waals surface area contributed by atoms with E-state index >= 15 is 0 Å². The van der Waals surface area contributed by atoms with E-state index in [1.807, 2.05) is 0 Å². The summed E-state index contributed by atoms with van der Waals surface area (Å²) < 4.78 is 15.4. The van der Waals surface area contributed by atoms with Gasteiger partial charge >= 0.3 is 13.8 Å². The zero-order valence-electron chi connectivity index (χ0n) is 14.7. The first-order valence-corrected chi connectivity index (χ1v) is 9.43. The van der Waals surface area contributed by atoms with E-state index in [9.17, 15) is 19.6 Å². The summed E-state index contributed by atoms with van der Waals surface area (Å²) in [7, 11) is -4.74. The molecule has 0 aliphatic carbocycles. The van der Waals surface area contributed by atoms with Gasteiger partial charge in [-0.25, -0.2) is 9.36 Å². The van der Waals surface area contributed by atoms with Crippen LogP contribution in [-0.4, -0.2) is 36.1 Å². The van der Waals surface area contributed by atoms with Gasteiger partial charge in [0.25, 0.3) is 0 Å². The third-order valence-electron chi connectivity index (χ3n) is 3.89. The number of aliphatic hydroxyl groups excluding tert-OH is 1. The topological polar surface area (TPSA) is 195 Å². The first-order chi connectivity index (χ1) is 13.0. The third kappa shape index (κ3) is 5.49. The second kappa shape index (κ2) is 8.65. The molecule has 11 nitrogen and oxygen atoms in total. The monoisotopic (exact) mass is 413 g/mol. The Morgan fingerprint density at radius 2 is 2.07 bits per heavy atom. The van der Waals surface area contributed by atoms with Crippen LogP contribution in [0.25, 0.3) is 0 Å². The Morgan fingerprint density at radius 3 is 2.64 bits per heavy atom. The van der Waals surface area contributed by atoms with Crippen LogP contribution in [0.1, 0.15) is 39.0 Å². The molecule has 0 bridgehead atoms. The predicted octanol–water partition coefficient (Wildman–Crippen LogP) is 0.965. The van der Waals surface area contributed by atoms with Gasteiger partial charge in [0.1, 0.15) is 12.0 Å². The van der Waals surface area contributed by atoms with Crippen LogP contribution in [0.5, 0.6) is 5.75 Å². The number of carboxylic acids is 1. The molecule has 2 rings (SSSR count). The molecular formula is C16H20N3O8P. The van der Waals surface area contributed by atoms with E-state index in [0.29, 0.717) is 0 Å². The Balaban J connectivity index is 2.36. The molecule has 2 aromatic rings. The number of aromatic nitrogens is 1. The van der Waals surface area contributed by atoms with Crippen molar-refractivity contribution in [3.05, 3.63) is 52.3 Å². The average molecular weight is 413 g/mol. The van der Waals surface area contributed by atoms with Gasteiger partial charge in [-0.3, -0.25) is 9.51 Å². The van der Waals surface area contributed by atoms with E-state index in [-0.39, 0.29) is 45.9 Å². The molecule has 0 aliphatic rings. The van der Waals surface area contributed by atoms with Gasteiger partial charge in [0, 0.05) is 35.1 Å². The van der Waals surface area contributed by atoms with Gasteiger partial charge < -0.3 is 36.2 Å². The van der Waals surface area contributed by atoms with Crippen molar-refractivity contribution in [2.45, 2.75) is 26.3 Å². The summed E-state index contributed by atoms with van der Waals surface area (Å²) >= 11 is 0. The number of rotatable bonds is 8. The number of aromatic hydroxyl groups is 1. The van der Waals surface area contributed by atoms with E-state index < -0.39 is 26.6 Å². The number of nitrogens with two attached hydrogens (primary N) is 1. The normalized spacial score (nSPS) is 12.6. The minimum Gasteiger partial charge on any atom is -0.506 e. The fourth-order valence-electron chi connectivity index (χ4n) is 2.44. The highest BCUT2D eigenvalue weighted by Gasteiger charge is 2.19. The number of nitrogens with zero attached hydrogens (tertiary/aromatic N) is 1. The van der Waals surface area contributed by atoms with Gasteiger partial charge in [0.2, 0.25) is 0 Å². The van der Waals surface area contributed by atoms with Crippen LogP contribution < -0.4 is 11.1 Å². The van der Waals surface area contributed by atoms with Crippen molar-refractivity contribution in [3.63, 3.8) is 0 Å². The van der Waals surface area contributed by atoms with Crippen molar-refractivity contribution >= 4 is 19.5 Å². The Labute approximate surface area is 159 Å². The highest BCUT2D eigenvalue weighted by Crippen LogP contribution is 2.38. The molecule has 0 saturated heterocycles. The molecule has 1 aromatic heterocycles. The molecule has 8 N–H and O–H groups in total. The predicted molar refractivity (Wildman–Crippen MR) is 97.3 cm³/mol. The molecule has 1 heterocycles. The number of nitrogens with one attached hydrogen (secondary N) is 1. The Hall–Kier alpha value is -2.53. The summed E-state index contributed by atoms with van der Waals surface area (Å²) in [6.45, 7) is 0.939. The van der Waals surface area contributed by atoms with Gasteiger partial charge in [0.05, 0.1) is 17.9 Å². The van der Waals surface area contributed by atoms with E-state index in [0.717, 1.165) is 0 Å². The molecule has 1 aromatic carbocycles. The molecule has 0 spiro atoms. The van der Waals surface area contributed by atoms with Crippen LogP contribution >= 0.6 is 7.82 Å².